The maximum Gasteiger partial charge on any atom is 0.126 e. The van der Waals surface area contributed by atoms with Crippen LogP contribution in [0.3, 0.4) is 0 Å². The molecule has 0 aromatic heterocycles. The van der Waals surface area contributed by atoms with Gasteiger partial charge in [0.2, 0.25) is 0 Å². The van der Waals surface area contributed by atoms with E-state index in [1.807, 2.05) is 19.1 Å². The fourth-order valence-corrected chi connectivity index (χ4v) is 1.78. The quantitative estimate of drug-likeness (QED) is 0.750. The summed E-state index contributed by atoms with van der Waals surface area (Å²) in [5.74, 6) is 0.812. The SMILES string of the molecule is Cc1cc(CCN(C)CCCS)ccc1F. The van der Waals surface area contributed by atoms with Crippen molar-refractivity contribution in [2.45, 2.75) is 19.8 Å². The van der Waals surface area contributed by atoms with Crippen molar-refractivity contribution in [3.63, 3.8) is 0 Å². The Balaban J connectivity index is 2.39. The van der Waals surface area contributed by atoms with Crippen molar-refractivity contribution in [2.24, 2.45) is 0 Å². The Labute approximate surface area is 103 Å². The number of hydrogen-bond acceptors (Lipinski definition) is 2. The second-order valence-electron chi connectivity index (χ2n) is 4.21. The van der Waals surface area contributed by atoms with E-state index in [1.165, 1.54) is 5.56 Å². The lowest BCUT2D eigenvalue weighted by molar-refractivity contribution is 0.340. The van der Waals surface area contributed by atoms with Crippen molar-refractivity contribution in [1.82, 2.24) is 4.90 Å². The Morgan fingerprint density at radius 3 is 2.69 bits per heavy atom. The summed E-state index contributed by atoms with van der Waals surface area (Å²) in [6.07, 6.45) is 2.09. The highest BCUT2D eigenvalue weighted by Gasteiger charge is 2.01. The molecule has 1 aromatic rings. The number of halogens is 1. The van der Waals surface area contributed by atoms with Crippen LogP contribution in [0.15, 0.2) is 18.2 Å². The summed E-state index contributed by atoms with van der Waals surface area (Å²) in [6, 6.07) is 5.36. The number of hydrogen-bond donors (Lipinski definition) is 1. The van der Waals surface area contributed by atoms with Gasteiger partial charge in [-0.05, 0) is 56.3 Å². The van der Waals surface area contributed by atoms with E-state index >= 15 is 0 Å². The third-order valence-electron chi connectivity index (χ3n) is 2.70. The summed E-state index contributed by atoms with van der Waals surface area (Å²) < 4.78 is 13.0. The highest BCUT2D eigenvalue weighted by atomic mass is 32.1. The van der Waals surface area contributed by atoms with Gasteiger partial charge in [0.1, 0.15) is 5.82 Å². The zero-order valence-electron chi connectivity index (χ0n) is 10.0. The maximum absolute atomic E-state index is 13.0. The van der Waals surface area contributed by atoms with Gasteiger partial charge in [-0.2, -0.15) is 12.6 Å². The molecule has 16 heavy (non-hydrogen) atoms. The Bertz CT molecular complexity index is 328. The van der Waals surface area contributed by atoms with Gasteiger partial charge in [-0.25, -0.2) is 4.39 Å². The molecule has 0 unspecified atom stereocenters. The average Bonchev–Trinajstić information content (AvgIpc) is 2.28. The molecule has 0 aliphatic rings. The van der Waals surface area contributed by atoms with Crippen LogP contribution in [0.2, 0.25) is 0 Å². The fraction of sp³-hybridized carbons (Fsp3) is 0.538. The molecule has 0 radical (unpaired) electrons. The van der Waals surface area contributed by atoms with Crippen molar-refractivity contribution in [1.29, 1.82) is 0 Å². The lowest BCUT2D eigenvalue weighted by atomic mass is 10.1. The van der Waals surface area contributed by atoms with Crippen LogP contribution in [0.25, 0.3) is 0 Å². The Hall–Kier alpha value is -0.540. The van der Waals surface area contributed by atoms with Gasteiger partial charge in [-0.1, -0.05) is 12.1 Å². The summed E-state index contributed by atoms with van der Waals surface area (Å²) in [6.45, 7) is 3.89. The highest BCUT2D eigenvalue weighted by Crippen LogP contribution is 2.10. The Morgan fingerprint density at radius 1 is 1.31 bits per heavy atom. The largest absolute Gasteiger partial charge is 0.306 e. The number of rotatable bonds is 6. The third-order valence-corrected chi connectivity index (χ3v) is 3.02. The molecule has 1 aromatic carbocycles. The molecular formula is C13H20FNS. The summed E-state index contributed by atoms with van der Waals surface area (Å²) in [4.78, 5) is 2.29. The van der Waals surface area contributed by atoms with E-state index in [0.29, 0.717) is 0 Å². The Morgan fingerprint density at radius 2 is 2.06 bits per heavy atom. The van der Waals surface area contributed by atoms with Crippen molar-refractivity contribution in [3.05, 3.63) is 35.1 Å². The molecule has 0 amide bonds. The lowest BCUT2D eigenvalue weighted by Gasteiger charge is -2.15. The number of nitrogens with zero attached hydrogens (tertiary/aromatic N) is 1. The molecule has 0 aliphatic heterocycles. The maximum atomic E-state index is 13.0. The van der Waals surface area contributed by atoms with E-state index in [4.69, 9.17) is 0 Å². The molecule has 1 nitrogen and oxygen atoms in total. The minimum Gasteiger partial charge on any atom is -0.306 e. The first-order valence-corrected chi connectivity index (χ1v) is 6.31. The van der Waals surface area contributed by atoms with Gasteiger partial charge in [0.05, 0.1) is 0 Å². The monoisotopic (exact) mass is 241 g/mol. The number of benzene rings is 1. The van der Waals surface area contributed by atoms with Crippen LogP contribution in [-0.2, 0) is 6.42 Å². The summed E-state index contributed by atoms with van der Waals surface area (Å²) in [7, 11) is 2.11. The average molecular weight is 241 g/mol. The van der Waals surface area contributed by atoms with E-state index < -0.39 is 0 Å². The standard InChI is InChI=1S/C13H20FNS/c1-11-10-12(4-5-13(11)14)6-8-15(2)7-3-9-16/h4-5,10,16H,3,6-9H2,1-2H3. The minimum absolute atomic E-state index is 0.118. The summed E-state index contributed by atoms with van der Waals surface area (Å²) >= 11 is 4.19. The van der Waals surface area contributed by atoms with Crippen molar-refractivity contribution in [2.75, 3.05) is 25.9 Å². The van der Waals surface area contributed by atoms with E-state index in [2.05, 4.69) is 24.6 Å². The van der Waals surface area contributed by atoms with Crippen molar-refractivity contribution in [3.8, 4) is 0 Å². The molecule has 0 heterocycles. The number of likely N-dealkylation sites (N-methyl/N-ethyl adjacent to an activating group) is 1. The van der Waals surface area contributed by atoms with Crippen molar-refractivity contribution < 1.29 is 4.39 Å². The van der Waals surface area contributed by atoms with Gasteiger partial charge >= 0.3 is 0 Å². The molecule has 0 atom stereocenters. The van der Waals surface area contributed by atoms with Gasteiger partial charge in [0, 0.05) is 6.54 Å². The molecule has 0 bridgehead atoms. The first kappa shape index (κ1) is 13.5. The van der Waals surface area contributed by atoms with Crippen LogP contribution in [0.1, 0.15) is 17.5 Å². The highest BCUT2D eigenvalue weighted by molar-refractivity contribution is 7.80. The molecule has 0 spiro atoms. The molecule has 0 saturated carbocycles. The smallest absolute Gasteiger partial charge is 0.126 e. The van der Waals surface area contributed by atoms with Gasteiger partial charge in [-0.15, -0.1) is 0 Å². The molecule has 90 valence electrons. The van der Waals surface area contributed by atoms with E-state index in [9.17, 15) is 4.39 Å². The first-order chi connectivity index (χ1) is 7.63. The molecule has 1 rings (SSSR count). The minimum atomic E-state index is -0.118. The number of aryl methyl sites for hydroxylation is 1. The second-order valence-corrected chi connectivity index (χ2v) is 4.66. The molecule has 0 fully saturated rings. The predicted octanol–water partition coefficient (Wildman–Crippen LogP) is 2.93. The van der Waals surface area contributed by atoms with E-state index in [-0.39, 0.29) is 5.82 Å². The van der Waals surface area contributed by atoms with Crippen LogP contribution in [0.4, 0.5) is 4.39 Å². The summed E-state index contributed by atoms with van der Waals surface area (Å²) in [5, 5.41) is 0. The topological polar surface area (TPSA) is 3.24 Å². The molecule has 0 saturated heterocycles. The predicted molar refractivity (Wildman–Crippen MR) is 70.8 cm³/mol. The Kier molecular flexibility index (Phi) is 5.85. The molecule has 0 aliphatic carbocycles. The van der Waals surface area contributed by atoms with Crippen LogP contribution >= 0.6 is 12.6 Å². The summed E-state index contributed by atoms with van der Waals surface area (Å²) in [5.41, 5.74) is 1.94. The fourth-order valence-electron chi connectivity index (χ4n) is 1.63. The zero-order valence-corrected chi connectivity index (χ0v) is 10.9. The normalized spacial score (nSPS) is 11.1. The lowest BCUT2D eigenvalue weighted by Crippen LogP contribution is -2.22. The third kappa shape index (κ3) is 4.54. The van der Waals surface area contributed by atoms with Crippen LogP contribution in [0, 0.1) is 12.7 Å². The van der Waals surface area contributed by atoms with Crippen molar-refractivity contribution >= 4 is 12.6 Å². The van der Waals surface area contributed by atoms with E-state index in [0.717, 1.165) is 37.2 Å². The molecular weight excluding hydrogens is 221 g/mol. The van der Waals surface area contributed by atoms with Gasteiger partial charge in [0.25, 0.3) is 0 Å². The number of thiol groups is 1. The first-order valence-electron chi connectivity index (χ1n) is 5.68. The van der Waals surface area contributed by atoms with E-state index in [1.54, 1.807) is 6.07 Å². The van der Waals surface area contributed by atoms with Crippen LogP contribution < -0.4 is 0 Å². The van der Waals surface area contributed by atoms with Gasteiger partial charge in [0.15, 0.2) is 0 Å². The zero-order chi connectivity index (χ0) is 12.0. The van der Waals surface area contributed by atoms with Crippen LogP contribution in [0.5, 0.6) is 0 Å². The van der Waals surface area contributed by atoms with Gasteiger partial charge in [-0.3, -0.25) is 0 Å². The van der Waals surface area contributed by atoms with Crippen LogP contribution in [-0.4, -0.2) is 30.8 Å². The van der Waals surface area contributed by atoms with Gasteiger partial charge < -0.3 is 4.90 Å². The molecule has 3 heteroatoms. The molecule has 0 N–H and O–H groups in total. The second kappa shape index (κ2) is 6.92.